The lowest BCUT2D eigenvalue weighted by Crippen LogP contribution is -2.70. The van der Waals surface area contributed by atoms with E-state index in [1.807, 2.05) is 36.4 Å². The third-order valence-corrected chi connectivity index (χ3v) is 11.8. The van der Waals surface area contributed by atoms with Crippen LogP contribution in [0.25, 0.3) is 0 Å². The smallest absolute Gasteiger partial charge is 0.311 e. The van der Waals surface area contributed by atoms with E-state index in [-0.39, 0.29) is 26.4 Å². The van der Waals surface area contributed by atoms with E-state index in [9.17, 15) is 39.0 Å². The molecule has 3 saturated heterocycles. The number of aliphatic hydroxyl groups is 2. The summed E-state index contributed by atoms with van der Waals surface area (Å²) in [6.07, 6.45) is -20.7. The molecule has 75 heavy (non-hydrogen) atoms. The van der Waals surface area contributed by atoms with Gasteiger partial charge >= 0.3 is 29.8 Å². The lowest BCUT2D eigenvalue weighted by Gasteiger charge is -2.51. The Labute approximate surface area is 436 Å². The molecule has 0 saturated carbocycles. The molecule has 5 rings (SSSR count). The number of nitrogens with one attached hydrogen (secondary N) is 1. The molecule has 0 radical (unpaired) electrons. The summed E-state index contributed by atoms with van der Waals surface area (Å²) in [6.45, 7) is 16.3. The summed E-state index contributed by atoms with van der Waals surface area (Å²) in [5, 5.41) is 26.6. The summed E-state index contributed by atoms with van der Waals surface area (Å²) >= 11 is 0. The van der Waals surface area contributed by atoms with Crippen LogP contribution in [0.1, 0.15) is 80.4 Å². The Morgan fingerprint density at radius 2 is 1.04 bits per heavy atom. The first kappa shape index (κ1) is 60.5. The Morgan fingerprint density at radius 3 is 1.57 bits per heavy atom. The number of rotatable bonds is 22. The van der Waals surface area contributed by atoms with Crippen LogP contribution in [0.2, 0.25) is 0 Å². The molecule has 0 spiro atoms. The van der Waals surface area contributed by atoms with Gasteiger partial charge in [0.05, 0.1) is 37.3 Å². The number of benzene rings is 2. The van der Waals surface area contributed by atoms with E-state index in [1.165, 1.54) is 13.0 Å². The van der Waals surface area contributed by atoms with Gasteiger partial charge in [-0.1, -0.05) is 66.7 Å². The van der Waals surface area contributed by atoms with Crippen molar-refractivity contribution >= 4 is 35.8 Å². The molecule has 0 aromatic heterocycles. The highest BCUT2D eigenvalue weighted by Gasteiger charge is 2.58. The van der Waals surface area contributed by atoms with Crippen LogP contribution < -0.4 is 5.32 Å². The maximum atomic E-state index is 13.5. The van der Waals surface area contributed by atoms with Crippen molar-refractivity contribution in [3.63, 3.8) is 0 Å². The molecule has 0 aliphatic carbocycles. The molecule has 2 aromatic carbocycles. The molecule has 3 aliphatic rings. The summed E-state index contributed by atoms with van der Waals surface area (Å²) in [5.74, 6) is -4.63. The van der Waals surface area contributed by atoms with Crippen LogP contribution in [0.4, 0.5) is 0 Å². The van der Waals surface area contributed by atoms with Gasteiger partial charge in [0.15, 0.2) is 37.2 Å². The lowest BCUT2D eigenvalue weighted by molar-refractivity contribution is -0.369. The number of amides is 1. The first-order valence-electron chi connectivity index (χ1n) is 24.6. The molecule has 3 N–H and O–H groups in total. The van der Waals surface area contributed by atoms with E-state index in [2.05, 4.69) is 11.9 Å². The van der Waals surface area contributed by atoms with Gasteiger partial charge in [-0.15, -0.1) is 6.58 Å². The highest BCUT2D eigenvalue weighted by atomic mass is 16.8. The Bertz CT molecular complexity index is 2200. The molecule has 0 unspecified atom stereocenters. The molecule has 0 bridgehead atoms. The summed E-state index contributed by atoms with van der Waals surface area (Å²) in [4.78, 5) is 78.2. The predicted octanol–water partition coefficient (Wildman–Crippen LogP) is 3.14. The largest absolute Gasteiger partial charge is 0.462 e. The number of esters is 5. The van der Waals surface area contributed by atoms with Crippen LogP contribution >= 0.6 is 0 Å². The minimum Gasteiger partial charge on any atom is -0.462 e. The predicted molar refractivity (Wildman–Crippen MR) is 260 cm³/mol. The lowest BCUT2D eigenvalue weighted by atomic mass is 9.93. The number of ether oxygens (including phenoxy) is 13. The minimum atomic E-state index is -1.84. The third-order valence-electron chi connectivity index (χ3n) is 11.8. The number of hydrogen-bond acceptors (Lipinski definition) is 21. The fourth-order valence-corrected chi connectivity index (χ4v) is 8.20. The van der Waals surface area contributed by atoms with Crippen LogP contribution in [-0.4, -0.2) is 164 Å². The SMILES string of the molecule is C=CCO[C@@H]1O[C@H](COC(=O)C(C)(C)C)[C@H](O)[C@H](O[C@@H]2O[C@H](COCc3ccccc3)[C@@H](OCc3ccccc3)[C@H](O[C@@H]3O[C@H](COC(=O)C(C)(C)C)[C@H](OC(C)=O)[C@H](OC(C)=O)[C@H]3OC(C)=O)[C@H]2NC(C)=O)[C@H]1O. The van der Waals surface area contributed by atoms with Gasteiger partial charge in [-0.25, -0.2) is 0 Å². The average molecular weight is 1060 g/mol. The van der Waals surface area contributed by atoms with Crippen molar-refractivity contribution in [2.75, 3.05) is 26.4 Å². The average Bonchev–Trinajstić information content (AvgIpc) is 3.33. The van der Waals surface area contributed by atoms with Crippen molar-refractivity contribution in [2.24, 2.45) is 10.8 Å². The van der Waals surface area contributed by atoms with Gasteiger partial charge in [-0.2, -0.15) is 0 Å². The van der Waals surface area contributed by atoms with Gasteiger partial charge < -0.3 is 77.1 Å². The van der Waals surface area contributed by atoms with Gasteiger partial charge in [-0.3, -0.25) is 28.8 Å². The molecule has 22 heteroatoms. The summed E-state index contributed by atoms with van der Waals surface area (Å²) < 4.78 is 79.8. The van der Waals surface area contributed by atoms with Crippen molar-refractivity contribution in [3.05, 3.63) is 84.4 Å². The van der Waals surface area contributed by atoms with Crippen LogP contribution in [-0.2, 0) is 104 Å². The van der Waals surface area contributed by atoms with E-state index in [4.69, 9.17) is 61.6 Å². The van der Waals surface area contributed by atoms with Gasteiger partial charge in [0.25, 0.3) is 0 Å². The Balaban J connectivity index is 1.67. The van der Waals surface area contributed by atoms with Gasteiger partial charge in [-0.05, 0) is 52.7 Å². The summed E-state index contributed by atoms with van der Waals surface area (Å²) in [5.41, 5.74) is -0.464. The van der Waals surface area contributed by atoms with Gasteiger partial charge in [0, 0.05) is 27.7 Å². The van der Waals surface area contributed by atoms with E-state index in [0.717, 1.165) is 26.3 Å². The van der Waals surface area contributed by atoms with E-state index in [0.29, 0.717) is 5.56 Å². The van der Waals surface area contributed by atoms with Crippen molar-refractivity contribution in [3.8, 4) is 0 Å². The fourth-order valence-electron chi connectivity index (χ4n) is 8.20. The highest BCUT2D eigenvalue weighted by molar-refractivity contribution is 5.76. The Hall–Kier alpha value is -5.40. The van der Waals surface area contributed by atoms with Crippen LogP contribution in [0.5, 0.6) is 0 Å². The molecule has 15 atom stereocenters. The first-order valence-corrected chi connectivity index (χ1v) is 24.6. The molecule has 22 nitrogen and oxygen atoms in total. The molecule has 3 fully saturated rings. The standard InChI is InChI=1S/C53H73NO21/c1-12-23-64-48-40(60)44(39(59)35(71-48)27-66-50(61)52(6,7)8)75-47-38(54-29(2)55)43(41(65-25-34-21-17-14-18-22-34)36(72-47)26-63-24-33-19-15-13-16-20-33)74-49-46(70-32(5)58)45(69-31(4)57)42(68-30(3)56)37(73-49)28-67-51(62)53(9,10)11/h12-22,35-49,59-60H,1,23-28H2,2-11H3,(H,54,55)/t35-,36-,37-,38-,39+,40-,41-,42+,43-,44+,45+,46-,47+,48-,49+/m1/s1. The Morgan fingerprint density at radius 1 is 0.560 bits per heavy atom. The molecule has 1 amide bonds. The molecule has 416 valence electrons. The molecule has 3 aliphatic heterocycles. The Kier molecular flexibility index (Phi) is 22.2. The highest BCUT2D eigenvalue weighted by Crippen LogP contribution is 2.37. The normalized spacial score (nSPS) is 30.0. The first-order chi connectivity index (χ1) is 35.4. The minimum absolute atomic E-state index is 0.0732. The maximum absolute atomic E-state index is 13.5. The van der Waals surface area contributed by atoms with Crippen LogP contribution in [0.3, 0.4) is 0 Å². The third kappa shape index (κ3) is 17.6. The fraction of sp³-hybridized carbons (Fsp3) is 0.623. The van der Waals surface area contributed by atoms with E-state index >= 15 is 0 Å². The number of carbonyl (C=O) groups is 6. The molecular weight excluding hydrogens is 987 g/mol. The van der Waals surface area contributed by atoms with Crippen molar-refractivity contribution in [2.45, 2.75) is 175 Å². The zero-order chi connectivity index (χ0) is 55.2. The van der Waals surface area contributed by atoms with Crippen LogP contribution in [0.15, 0.2) is 73.3 Å². The molecular formula is C53H73NO21. The van der Waals surface area contributed by atoms with E-state index < -0.39 is 152 Å². The zero-order valence-corrected chi connectivity index (χ0v) is 44.1. The second kappa shape index (κ2) is 27.6. The summed E-state index contributed by atoms with van der Waals surface area (Å²) in [7, 11) is 0. The molecule has 3 heterocycles. The van der Waals surface area contributed by atoms with Crippen LogP contribution in [0, 0.1) is 10.8 Å². The van der Waals surface area contributed by atoms with Crippen molar-refractivity contribution in [1.82, 2.24) is 5.32 Å². The topological polar surface area (TPSA) is 275 Å². The quantitative estimate of drug-likeness (QED) is 0.0868. The maximum Gasteiger partial charge on any atom is 0.311 e. The second-order valence-electron chi connectivity index (χ2n) is 20.3. The monoisotopic (exact) mass is 1060 g/mol. The van der Waals surface area contributed by atoms with Gasteiger partial charge in [0.2, 0.25) is 5.91 Å². The zero-order valence-electron chi connectivity index (χ0n) is 44.1. The molecule has 2 aromatic rings. The summed E-state index contributed by atoms with van der Waals surface area (Å²) in [6, 6.07) is 16.7. The van der Waals surface area contributed by atoms with E-state index in [1.54, 1.807) is 65.8 Å². The number of hydrogen-bond donors (Lipinski definition) is 3. The second-order valence-corrected chi connectivity index (χ2v) is 20.3. The van der Waals surface area contributed by atoms with Crippen molar-refractivity contribution in [1.29, 1.82) is 0 Å². The van der Waals surface area contributed by atoms with Gasteiger partial charge in [0.1, 0.15) is 68.1 Å². The van der Waals surface area contributed by atoms with Crippen molar-refractivity contribution < 1.29 is 101 Å². The number of carbonyl (C=O) groups excluding carboxylic acids is 6. The number of aliphatic hydroxyl groups excluding tert-OH is 2.